The second kappa shape index (κ2) is 10.7. The van der Waals surface area contributed by atoms with Gasteiger partial charge in [0, 0.05) is 16.6 Å². The van der Waals surface area contributed by atoms with Gasteiger partial charge in [0.1, 0.15) is 11.6 Å². The second-order valence-electron chi connectivity index (χ2n) is 7.52. The first-order valence-electron chi connectivity index (χ1n) is 10.5. The van der Waals surface area contributed by atoms with Gasteiger partial charge in [-0.05, 0) is 70.7 Å². The van der Waals surface area contributed by atoms with Gasteiger partial charge >= 0.3 is 0 Å². The Bertz CT molecular complexity index is 1260. The first kappa shape index (κ1) is 23.1. The summed E-state index contributed by atoms with van der Waals surface area (Å²) < 4.78 is 2.82. The van der Waals surface area contributed by atoms with Gasteiger partial charge in [-0.15, -0.1) is 10.2 Å². The highest BCUT2D eigenvalue weighted by molar-refractivity contribution is 9.10. The fourth-order valence-corrected chi connectivity index (χ4v) is 4.76. The predicted octanol–water partition coefficient (Wildman–Crippen LogP) is 5.56. The number of phenols is 1. The van der Waals surface area contributed by atoms with Gasteiger partial charge < -0.3 is 10.4 Å². The second-order valence-corrected chi connectivity index (χ2v) is 9.32. The number of anilines is 1. The maximum Gasteiger partial charge on any atom is 0.234 e. The summed E-state index contributed by atoms with van der Waals surface area (Å²) in [5, 5.41) is 22.4. The molecule has 168 valence electrons. The number of aromatic nitrogens is 3. The molecule has 0 fully saturated rings. The molecule has 0 aliphatic rings. The van der Waals surface area contributed by atoms with Crippen molar-refractivity contribution >= 4 is 39.3 Å². The first-order valence-corrected chi connectivity index (χ1v) is 12.2. The number of nitrogens with zero attached hydrogens (tertiary/aromatic N) is 3. The fraction of sp³-hybridized carbons (Fsp3) is 0.160. The van der Waals surface area contributed by atoms with Gasteiger partial charge in [0.15, 0.2) is 5.16 Å². The van der Waals surface area contributed by atoms with E-state index in [1.54, 1.807) is 12.1 Å². The van der Waals surface area contributed by atoms with E-state index >= 15 is 0 Å². The van der Waals surface area contributed by atoms with E-state index in [4.69, 9.17) is 0 Å². The molecule has 2 N–H and O–H groups in total. The third-order valence-electron chi connectivity index (χ3n) is 5.06. The van der Waals surface area contributed by atoms with Crippen molar-refractivity contribution in [1.29, 1.82) is 0 Å². The number of thioether (sulfide) groups is 1. The molecule has 0 saturated carbocycles. The Morgan fingerprint density at radius 3 is 2.55 bits per heavy atom. The zero-order chi connectivity index (χ0) is 23.2. The highest BCUT2D eigenvalue weighted by Gasteiger charge is 2.17. The molecule has 6 nitrogen and oxygen atoms in total. The SMILES string of the molecule is Cc1ccc(NC(=O)CSc2nnc(CCc3ccccc3O)n2-c2ccccc2)c(Br)c1. The summed E-state index contributed by atoms with van der Waals surface area (Å²) >= 11 is 4.83. The molecule has 8 heteroatoms. The van der Waals surface area contributed by atoms with E-state index in [1.165, 1.54) is 11.8 Å². The summed E-state index contributed by atoms with van der Waals surface area (Å²) in [5.41, 5.74) is 3.64. The molecule has 0 aliphatic heterocycles. The lowest BCUT2D eigenvalue weighted by Gasteiger charge is -2.11. The number of phenolic OH excluding ortho intramolecular Hbond substituents is 1. The summed E-state index contributed by atoms with van der Waals surface area (Å²) in [6.07, 6.45) is 1.23. The molecular formula is C25H23BrN4O2S. The zero-order valence-corrected chi connectivity index (χ0v) is 20.4. The molecule has 33 heavy (non-hydrogen) atoms. The Morgan fingerprint density at radius 2 is 1.79 bits per heavy atom. The van der Waals surface area contributed by atoms with Crippen molar-refractivity contribution in [2.75, 3.05) is 11.1 Å². The molecule has 4 rings (SSSR count). The number of hydrogen-bond donors (Lipinski definition) is 2. The van der Waals surface area contributed by atoms with Gasteiger partial charge in [0.05, 0.1) is 11.4 Å². The van der Waals surface area contributed by atoms with Crippen molar-refractivity contribution in [1.82, 2.24) is 14.8 Å². The number of halogens is 1. The van der Waals surface area contributed by atoms with E-state index < -0.39 is 0 Å². The van der Waals surface area contributed by atoms with Gasteiger partial charge in [-0.3, -0.25) is 9.36 Å². The molecule has 1 aromatic heterocycles. The third-order valence-corrected chi connectivity index (χ3v) is 6.64. The number of nitrogens with one attached hydrogen (secondary N) is 1. The van der Waals surface area contributed by atoms with E-state index in [9.17, 15) is 9.90 Å². The van der Waals surface area contributed by atoms with Crippen LogP contribution in [0, 0.1) is 6.92 Å². The lowest BCUT2D eigenvalue weighted by atomic mass is 10.1. The summed E-state index contributed by atoms with van der Waals surface area (Å²) in [4.78, 5) is 12.6. The van der Waals surface area contributed by atoms with Gasteiger partial charge in [0.2, 0.25) is 5.91 Å². The largest absolute Gasteiger partial charge is 0.508 e. The van der Waals surface area contributed by atoms with Crippen molar-refractivity contribution in [3.05, 3.63) is 94.2 Å². The first-order chi connectivity index (χ1) is 16.0. The smallest absolute Gasteiger partial charge is 0.234 e. The molecular weight excluding hydrogens is 500 g/mol. The fourth-order valence-electron chi connectivity index (χ4n) is 3.40. The van der Waals surface area contributed by atoms with Crippen LogP contribution < -0.4 is 5.32 Å². The van der Waals surface area contributed by atoms with Crippen LogP contribution >= 0.6 is 27.7 Å². The Morgan fingerprint density at radius 1 is 1.03 bits per heavy atom. The standard InChI is InChI=1S/C25H23BrN4O2S/c1-17-11-13-21(20(26)15-17)27-24(32)16-33-25-29-28-23(30(25)19-8-3-2-4-9-19)14-12-18-7-5-6-10-22(18)31/h2-11,13,15,31H,12,14,16H2,1H3,(H,27,32). The average molecular weight is 523 g/mol. The molecule has 0 aliphatic carbocycles. The molecule has 1 amide bonds. The van der Waals surface area contributed by atoms with Crippen LogP contribution in [0.3, 0.4) is 0 Å². The quantitative estimate of drug-likeness (QED) is 0.296. The summed E-state index contributed by atoms with van der Waals surface area (Å²) in [6.45, 7) is 2.00. The maximum absolute atomic E-state index is 12.6. The van der Waals surface area contributed by atoms with Crippen LogP contribution in [0.25, 0.3) is 5.69 Å². The molecule has 0 bridgehead atoms. The van der Waals surface area contributed by atoms with Gasteiger partial charge in [-0.2, -0.15) is 0 Å². The number of para-hydroxylation sites is 2. The summed E-state index contributed by atoms with van der Waals surface area (Å²) in [5.74, 6) is 1.12. The Kier molecular flexibility index (Phi) is 7.47. The number of amides is 1. The van der Waals surface area contributed by atoms with Crippen LogP contribution in [0.4, 0.5) is 5.69 Å². The Hall–Kier alpha value is -3.10. The van der Waals surface area contributed by atoms with Crippen LogP contribution in [0.1, 0.15) is 17.0 Å². The van der Waals surface area contributed by atoms with Crippen LogP contribution in [0.5, 0.6) is 5.75 Å². The number of carbonyl (C=O) groups is 1. The molecule has 4 aromatic rings. The van der Waals surface area contributed by atoms with Crippen molar-refractivity contribution in [3.8, 4) is 11.4 Å². The third kappa shape index (κ3) is 5.83. The van der Waals surface area contributed by atoms with E-state index in [0.717, 1.165) is 32.8 Å². The molecule has 1 heterocycles. The minimum Gasteiger partial charge on any atom is -0.508 e. The summed E-state index contributed by atoms with van der Waals surface area (Å²) in [6, 6.07) is 22.9. The molecule has 0 saturated heterocycles. The highest BCUT2D eigenvalue weighted by Crippen LogP contribution is 2.26. The predicted molar refractivity (Wildman–Crippen MR) is 135 cm³/mol. The molecule has 0 spiro atoms. The zero-order valence-electron chi connectivity index (χ0n) is 18.0. The Labute approximate surface area is 205 Å². The van der Waals surface area contributed by atoms with Gasteiger partial charge in [-0.25, -0.2) is 0 Å². The highest BCUT2D eigenvalue weighted by atomic mass is 79.9. The molecule has 3 aromatic carbocycles. The number of rotatable bonds is 8. The van der Waals surface area contributed by atoms with Crippen LogP contribution in [0.15, 0.2) is 82.4 Å². The van der Waals surface area contributed by atoms with Crippen LogP contribution in [-0.2, 0) is 17.6 Å². The van der Waals surface area contributed by atoms with Gasteiger partial charge in [-0.1, -0.05) is 54.2 Å². The maximum atomic E-state index is 12.6. The molecule has 0 radical (unpaired) electrons. The summed E-state index contributed by atoms with van der Waals surface area (Å²) in [7, 11) is 0. The van der Waals surface area contributed by atoms with E-state index in [1.807, 2.05) is 72.2 Å². The topological polar surface area (TPSA) is 80.0 Å². The lowest BCUT2D eigenvalue weighted by Crippen LogP contribution is -2.15. The van der Waals surface area contributed by atoms with Crippen molar-refractivity contribution in [3.63, 3.8) is 0 Å². The molecule has 0 unspecified atom stereocenters. The minimum absolute atomic E-state index is 0.122. The van der Waals surface area contributed by atoms with Crippen LogP contribution in [0.2, 0.25) is 0 Å². The normalized spacial score (nSPS) is 10.8. The number of benzene rings is 3. The molecule has 0 atom stereocenters. The van der Waals surface area contributed by atoms with E-state index in [0.29, 0.717) is 18.0 Å². The van der Waals surface area contributed by atoms with E-state index in [2.05, 4.69) is 31.4 Å². The Balaban J connectivity index is 1.50. The number of aromatic hydroxyl groups is 1. The number of aryl methyl sites for hydroxylation is 3. The van der Waals surface area contributed by atoms with Gasteiger partial charge in [0.25, 0.3) is 0 Å². The lowest BCUT2D eigenvalue weighted by molar-refractivity contribution is -0.113. The average Bonchev–Trinajstić information content (AvgIpc) is 3.22. The van der Waals surface area contributed by atoms with Crippen molar-refractivity contribution in [2.45, 2.75) is 24.9 Å². The van der Waals surface area contributed by atoms with Crippen LogP contribution in [-0.4, -0.2) is 31.5 Å². The van der Waals surface area contributed by atoms with E-state index in [-0.39, 0.29) is 17.4 Å². The number of hydrogen-bond acceptors (Lipinski definition) is 5. The van der Waals surface area contributed by atoms with Crippen molar-refractivity contribution < 1.29 is 9.90 Å². The number of carbonyl (C=O) groups excluding carboxylic acids is 1. The van der Waals surface area contributed by atoms with Crippen molar-refractivity contribution in [2.24, 2.45) is 0 Å². The minimum atomic E-state index is -0.122. The monoisotopic (exact) mass is 522 g/mol.